The molecular formula is C13H9FN2O2S. The molecule has 0 saturated heterocycles. The first-order chi connectivity index (χ1) is 9.04. The standard InChI is InChI=1S/C13H9FN2O2S/c1-16-10(6-9(15-16)13(17)18)12-5-7-4-8(14)2-3-11(7)19-12/h2-6H,1H3,(H,17,18). The molecule has 0 unspecified atom stereocenters. The second-order valence-corrected chi connectivity index (χ2v) is 5.22. The van der Waals surface area contributed by atoms with Crippen molar-refractivity contribution in [2.24, 2.45) is 7.05 Å². The summed E-state index contributed by atoms with van der Waals surface area (Å²) < 4.78 is 15.6. The van der Waals surface area contributed by atoms with Crippen molar-refractivity contribution in [2.45, 2.75) is 0 Å². The van der Waals surface area contributed by atoms with Crippen LogP contribution in [0.5, 0.6) is 0 Å². The predicted molar refractivity (Wildman–Crippen MR) is 70.9 cm³/mol. The van der Waals surface area contributed by atoms with E-state index in [0.717, 1.165) is 15.0 Å². The smallest absolute Gasteiger partial charge is 0.356 e. The van der Waals surface area contributed by atoms with Gasteiger partial charge in [0.05, 0.1) is 10.6 Å². The van der Waals surface area contributed by atoms with Crippen LogP contribution >= 0.6 is 11.3 Å². The Hall–Kier alpha value is -2.21. The molecule has 0 bridgehead atoms. The summed E-state index contributed by atoms with van der Waals surface area (Å²) in [6, 6.07) is 7.95. The molecule has 0 aliphatic rings. The number of aromatic carboxylic acids is 1. The Morgan fingerprint density at radius 2 is 2.16 bits per heavy atom. The number of thiophene rings is 1. The van der Waals surface area contributed by atoms with Gasteiger partial charge in [-0.1, -0.05) is 0 Å². The fourth-order valence-electron chi connectivity index (χ4n) is 1.94. The highest BCUT2D eigenvalue weighted by molar-refractivity contribution is 7.22. The highest BCUT2D eigenvalue weighted by Crippen LogP contribution is 2.33. The normalized spacial score (nSPS) is 11.1. The molecule has 6 heteroatoms. The van der Waals surface area contributed by atoms with Crippen molar-refractivity contribution < 1.29 is 14.3 Å². The summed E-state index contributed by atoms with van der Waals surface area (Å²) in [6.07, 6.45) is 0. The SMILES string of the molecule is Cn1nc(C(=O)O)cc1-c1cc2cc(F)ccc2s1. The van der Waals surface area contributed by atoms with Crippen molar-refractivity contribution >= 4 is 27.4 Å². The molecule has 2 aromatic heterocycles. The number of hydrogen-bond donors (Lipinski definition) is 1. The van der Waals surface area contributed by atoms with Crippen LogP contribution in [0.15, 0.2) is 30.3 Å². The Morgan fingerprint density at radius 3 is 2.84 bits per heavy atom. The Labute approximate surface area is 111 Å². The number of carbonyl (C=O) groups is 1. The van der Waals surface area contributed by atoms with Gasteiger partial charge >= 0.3 is 5.97 Å². The molecule has 0 fully saturated rings. The summed E-state index contributed by atoms with van der Waals surface area (Å²) >= 11 is 1.48. The van der Waals surface area contributed by atoms with Gasteiger partial charge in [-0.2, -0.15) is 5.10 Å². The first-order valence-corrected chi connectivity index (χ1v) is 6.33. The molecule has 19 heavy (non-hydrogen) atoms. The maximum Gasteiger partial charge on any atom is 0.356 e. The fraction of sp³-hybridized carbons (Fsp3) is 0.0769. The minimum atomic E-state index is -1.06. The van der Waals surface area contributed by atoms with Crippen LogP contribution in [0.4, 0.5) is 4.39 Å². The maximum absolute atomic E-state index is 13.1. The molecule has 0 amide bonds. The zero-order valence-electron chi connectivity index (χ0n) is 9.92. The van der Waals surface area contributed by atoms with E-state index in [2.05, 4.69) is 5.10 Å². The largest absolute Gasteiger partial charge is 0.476 e. The van der Waals surface area contributed by atoms with Gasteiger partial charge in [-0.15, -0.1) is 11.3 Å². The highest BCUT2D eigenvalue weighted by atomic mass is 32.1. The van der Waals surface area contributed by atoms with Crippen molar-refractivity contribution in [1.29, 1.82) is 0 Å². The second kappa shape index (κ2) is 4.17. The van der Waals surface area contributed by atoms with E-state index in [1.165, 1.54) is 34.2 Å². The van der Waals surface area contributed by atoms with Crippen LogP contribution in [-0.2, 0) is 7.05 Å². The average Bonchev–Trinajstić information content (AvgIpc) is 2.91. The van der Waals surface area contributed by atoms with Gasteiger partial charge in [0.15, 0.2) is 5.69 Å². The summed E-state index contributed by atoms with van der Waals surface area (Å²) in [5, 5.41) is 13.7. The minimum Gasteiger partial charge on any atom is -0.476 e. The van der Waals surface area contributed by atoms with Gasteiger partial charge in [0.2, 0.25) is 0 Å². The lowest BCUT2D eigenvalue weighted by Crippen LogP contribution is -1.99. The molecule has 3 aromatic rings. The van der Waals surface area contributed by atoms with Crippen molar-refractivity contribution in [1.82, 2.24) is 9.78 Å². The molecule has 0 aliphatic carbocycles. The lowest BCUT2D eigenvalue weighted by atomic mass is 10.2. The van der Waals surface area contributed by atoms with Crippen LogP contribution in [0.25, 0.3) is 20.7 Å². The van der Waals surface area contributed by atoms with Crippen LogP contribution in [0.1, 0.15) is 10.5 Å². The summed E-state index contributed by atoms with van der Waals surface area (Å²) in [5.74, 6) is -1.35. The van der Waals surface area contributed by atoms with Gasteiger partial charge in [-0.3, -0.25) is 4.68 Å². The van der Waals surface area contributed by atoms with E-state index in [-0.39, 0.29) is 11.5 Å². The summed E-state index contributed by atoms with van der Waals surface area (Å²) in [4.78, 5) is 11.8. The van der Waals surface area contributed by atoms with Crippen molar-refractivity contribution in [2.75, 3.05) is 0 Å². The molecule has 0 spiro atoms. The topological polar surface area (TPSA) is 55.1 Å². The van der Waals surface area contributed by atoms with E-state index in [4.69, 9.17) is 5.11 Å². The zero-order valence-corrected chi connectivity index (χ0v) is 10.7. The molecule has 1 N–H and O–H groups in total. The number of carboxylic acids is 1. The quantitative estimate of drug-likeness (QED) is 0.782. The van der Waals surface area contributed by atoms with E-state index in [1.807, 2.05) is 6.07 Å². The van der Waals surface area contributed by atoms with Gasteiger partial charge in [0, 0.05) is 11.7 Å². The average molecular weight is 276 g/mol. The molecule has 0 radical (unpaired) electrons. The third-order valence-corrected chi connectivity index (χ3v) is 3.97. The molecular weight excluding hydrogens is 267 g/mol. The van der Waals surface area contributed by atoms with Gasteiger partial charge in [0.1, 0.15) is 5.82 Å². The Morgan fingerprint density at radius 1 is 1.37 bits per heavy atom. The fourth-order valence-corrected chi connectivity index (χ4v) is 3.03. The molecule has 0 aliphatic heterocycles. The van der Waals surface area contributed by atoms with Crippen molar-refractivity contribution in [3.63, 3.8) is 0 Å². The number of carboxylic acid groups (broad SMARTS) is 1. The van der Waals surface area contributed by atoms with Crippen LogP contribution in [0, 0.1) is 5.82 Å². The van der Waals surface area contributed by atoms with Crippen LogP contribution in [0.3, 0.4) is 0 Å². The van der Waals surface area contributed by atoms with Crippen molar-refractivity contribution in [3.8, 4) is 10.6 Å². The number of benzene rings is 1. The maximum atomic E-state index is 13.1. The number of halogens is 1. The van der Waals surface area contributed by atoms with E-state index >= 15 is 0 Å². The van der Waals surface area contributed by atoms with Gasteiger partial charge in [-0.25, -0.2) is 9.18 Å². The molecule has 2 heterocycles. The predicted octanol–water partition coefficient (Wildman–Crippen LogP) is 3.14. The summed E-state index contributed by atoms with van der Waals surface area (Å²) in [6.45, 7) is 0. The first-order valence-electron chi connectivity index (χ1n) is 5.51. The highest BCUT2D eigenvalue weighted by Gasteiger charge is 2.14. The number of rotatable bonds is 2. The molecule has 3 rings (SSSR count). The van der Waals surface area contributed by atoms with Crippen LogP contribution in [0.2, 0.25) is 0 Å². The molecule has 96 valence electrons. The van der Waals surface area contributed by atoms with Gasteiger partial charge < -0.3 is 5.11 Å². The Kier molecular flexibility index (Phi) is 2.60. The van der Waals surface area contributed by atoms with E-state index < -0.39 is 5.97 Å². The van der Waals surface area contributed by atoms with Crippen molar-refractivity contribution in [3.05, 3.63) is 41.8 Å². The van der Waals surface area contributed by atoms with Gasteiger partial charge in [-0.05, 0) is 35.7 Å². The number of fused-ring (bicyclic) bond motifs is 1. The Balaban J connectivity index is 2.16. The third kappa shape index (κ3) is 2.00. The molecule has 0 atom stereocenters. The van der Waals surface area contributed by atoms with Crippen LogP contribution < -0.4 is 0 Å². The molecule has 1 aromatic carbocycles. The monoisotopic (exact) mass is 276 g/mol. The van der Waals surface area contributed by atoms with E-state index in [0.29, 0.717) is 5.69 Å². The van der Waals surface area contributed by atoms with Crippen LogP contribution in [-0.4, -0.2) is 20.9 Å². The zero-order chi connectivity index (χ0) is 13.6. The number of aryl methyl sites for hydroxylation is 1. The van der Waals surface area contributed by atoms with E-state index in [9.17, 15) is 9.18 Å². The Bertz CT molecular complexity index is 791. The number of aromatic nitrogens is 2. The van der Waals surface area contributed by atoms with E-state index in [1.54, 1.807) is 13.1 Å². The van der Waals surface area contributed by atoms with Gasteiger partial charge in [0.25, 0.3) is 0 Å². The summed E-state index contributed by atoms with van der Waals surface area (Å²) in [7, 11) is 1.69. The molecule has 0 saturated carbocycles. The lowest BCUT2D eigenvalue weighted by Gasteiger charge is -1.95. The molecule has 4 nitrogen and oxygen atoms in total. The first kappa shape index (κ1) is 11.9. The number of nitrogens with zero attached hydrogens (tertiary/aromatic N) is 2. The summed E-state index contributed by atoms with van der Waals surface area (Å²) in [5.41, 5.74) is 0.708. The minimum absolute atomic E-state index is 0.00105. The second-order valence-electron chi connectivity index (χ2n) is 4.14. The third-order valence-electron chi connectivity index (χ3n) is 2.83. The number of hydrogen-bond acceptors (Lipinski definition) is 3. The lowest BCUT2D eigenvalue weighted by molar-refractivity contribution is 0.0689.